The summed E-state index contributed by atoms with van der Waals surface area (Å²) in [4.78, 5) is 29.9. The summed E-state index contributed by atoms with van der Waals surface area (Å²) in [6.45, 7) is 2.79. The molecule has 0 unspecified atom stereocenters. The normalized spacial score (nSPS) is 10.6. The second kappa shape index (κ2) is 10.3. The summed E-state index contributed by atoms with van der Waals surface area (Å²) in [5.41, 5.74) is 4.31. The molecule has 2 N–H and O–H groups in total. The van der Waals surface area contributed by atoms with Gasteiger partial charge in [-0.05, 0) is 60.4 Å². The Kier molecular flexibility index (Phi) is 7.04. The Hall–Kier alpha value is -3.97. The Bertz CT molecular complexity index is 1400. The van der Waals surface area contributed by atoms with Crippen LogP contribution in [0, 0.1) is 6.92 Å². The van der Waals surface area contributed by atoms with Crippen LogP contribution in [0.5, 0.6) is 0 Å². The van der Waals surface area contributed by atoms with Gasteiger partial charge in [-0.2, -0.15) is 0 Å². The number of aromatic nitrogens is 1. The van der Waals surface area contributed by atoms with Crippen LogP contribution in [0.2, 0.25) is 0 Å². The van der Waals surface area contributed by atoms with Crippen molar-refractivity contribution in [2.24, 2.45) is 0 Å². The van der Waals surface area contributed by atoms with Crippen molar-refractivity contribution in [1.29, 1.82) is 0 Å². The van der Waals surface area contributed by atoms with E-state index in [4.69, 9.17) is 17.0 Å². The van der Waals surface area contributed by atoms with Crippen molar-refractivity contribution in [3.8, 4) is 0 Å². The number of para-hydroxylation sites is 1. The second-order valence-electron chi connectivity index (χ2n) is 8.02. The molecule has 7 heteroatoms. The molecule has 0 radical (unpaired) electrons. The van der Waals surface area contributed by atoms with Gasteiger partial charge in [0.15, 0.2) is 5.11 Å². The highest BCUT2D eigenvalue weighted by Gasteiger charge is 2.17. The molecule has 0 saturated carbocycles. The number of nitrogens with zero attached hydrogens (tertiary/aromatic N) is 1. The number of thiocarbonyl (C=S) groups is 1. The first-order valence-electron chi connectivity index (χ1n) is 10.8. The molecular formula is C27H25N3O3S. The lowest BCUT2D eigenvalue weighted by Crippen LogP contribution is -2.36. The van der Waals surface area contributed by atoms with Crippen LogP contribution in [0.3, 0.4) is 0 Å². The lowest BCUT2D eigenvalue weighted by atomic mass is 10.1. The zero-order chi connectivity index (χ0) is 24.1. The topological polar surface area (TPSA) is 74.4 Å². The number of aryl methyl sites for hydroxylation is 1. The molecule has 0 aliphatic heterocycles. The third kappa shape index (κ3) is 5.32. The molecule has 34 heavy (non-hydrogen) atoms. The van der Waals surface area contributed by atoms with Crippen molar-refractivity contribution in [3.63, 3.8) is 0 Å². The number of anilines is 1. The number of nitrogens with one attached hydrogen (secondary N) is 2. The van der Waals surface area contributed by atoms with Crippen LogP contribution in [-0.2, 0) is 17.8 Å². The Morgan fingerprint density at radius 1 is 1.00 bits per heavy atom. The van der Waals surface area contributed by atoms with Crippen LogP contribution in [0.4, 0.5) is 5.69 Å². The summed E-state index contributed by atoms with van der Waals surface area (Å²) in [5.74, 6) is -0.457. The monoisotopic (exact) mass is 471 g/mol. The van der Waals surface area contributed by atoms with Gasteiger partial charge in [0.05, 0.1) is 24.9 Å². The number of hydrogen-bond donors (Lipinski definition) is 2. The van der Waals surface area contributed by atoms with Crippen molar-refractivity contribution < 1.29 is 9.53 Å². The summed E-state index contributed by atoms with van der Waals surface area (Å²) in [7, 11) is 1.34. The van der Waals surface area contributed by atoms with Crippen LogP contribution in [0.25, 0.3) is 10.9 Å². The zero-order valence-corrected chi connectivity index (χ0v) is 19.8. The van der Waals surface area contributed by atoms with Gasteiger partial charge in [-0.15, -0.1) is 0 Å². The predicted octanol–water partition coefficient (Wildman–Crippen LogP) is 5.02. The van der Waals surface area contributed by atoms with Gasteiger partial charge in [-0.25, -0.2) is 4.79 Å². The third-order valence-corrected chi connectivity index (χ3v) is 5.88. The zero-order valence-electron chi connectivity index (χ0n) is 19.0. The van der Waals surface area contributed by atoms with Gasteiger partial charge < -0.3 is 19.9 Å². The standard InChI is InChI=1S/C27H25N3O3S/c1-18-12-13-23-20(14-18)15-21(25(31)28-23)17-30(16-19-8-4-3-5-9-19)27(34)29-24-11-7-6-10-22(24)26(32)33-2/h3-15H,16-17H2,1-2H3,(H,28,31)(H,29,34). The molecule has 1 heterocycles. The Balaban J connectivity index is 1.67. The first-order valence-corrected chi connectivity index (χ1v) is 11.2. The third-order valence-electron chi connectivity index (χ3n) is 5.52. The summed E-state index contributed by atoms with van der Waals surface area (Å²) >= 11 is 5.75. The van der Waals surface area contributed by atoms with Crippen molar-refractivity contribution in [3.05, 3.63) is 111 Å². The number of carbonyl (C=O) groups excluding carboxylic acids is 1. The lowest BCUT2D eigenvalue weighted by molar-refractivity contribution is 0.0602. The number of pyridine rings is 1. The average molecular weight is 472 g/mol. The summed E-state index contributed by atoms with van der Waals surface area (Å²) in [6.07, 6.45) is 0. The number of carbonyl (C=O) groups is 1. The van der Waals surface area contributed by atoms with Gasteiger partial charge in [0.1, 0.15) is 0 Å². The van der Waals surface area contributed by atoms with E-state index in [1.54, 1.807) is 18.2 Å². The highest BCUT2D eigenvalue weighted by Crippen LogP contribution is 2.19. The van der Waals surface area contributed by atoms with Crippen LogP contribution in [0.15, 0.2) is 83.7 Å². The molecule has 172 valence electrons. The maximum atomic E-state index is 12.9. The molecule has 0 bridgehead atoms. The molecule has 0 aliphatic rings. The number of rotatable bonds is 6. The fourth-order valence-corrected chi connectivity index (χ4v) is 4.01. The number of benzene rings is 3. The van der Waals surface area contributed by atoms with Gasteiger partial charge in [0.25, 0.3) is 5.56 Å². The van der Waals surface area contributed by atoms with E-state index in [9.17, 15) is 9.59 Å². The van der Waals surface area contributed by atoms with E-state index in [1.165, 1.54) is 7.11 Å². The van der Waals surface area contributed by atoms with Crippen molar-refractivity contribution in [1.82, 2.24) is 9.88 Å². The van der Waals surface area contributed by atoms with Crippen LogP contribution >= 0.6 is 12.2 Å². The number of hydrogen-bond acceptors (Lipinski definition) is 4. The number of aromatic amines is 1. The van der Waals surface area contributed by atoms with E-state index >= 15 is 0 Å². The van der Waals surface area contributed by atoms with E-state index < -0.39 is 5.97 Å². The Morgan fingerprint density at radius 3 is 2.50 bits per heavy atom. The minimum Gasteiger partial charge on any atom is -0.465 e. The Labute approximate surface area is 203 Å². The minimum atomic E-state index is -0.457. The summed E-state index contributed by atoms with van der Waals surface area (Å²) < 4.78 is 4.90. The number of fused-ring (bicyclic) bond motifs is 1. The quantitative estimate of drug-likeness (QED) is 0.304. The van der Waals surface area contributed by atoms with Gasteiger partial charge in [0, 0.05) is 17.6 Å². The molecule has 0 atom stereocenters. The molecule has 3 aromatic carbocycles. The van der Waals surface area contributed by atoms with Crippen LogP contribution < -0.4 is 10.9 Å². The molecule has 4 rings (SSSR count). The van der Waals surface area contributed by atoms with E-state index in [2.05, 4.69) is 10.3 Å². The molecule has 0 saturated heterocycles. The molecule has 0 fully saturated rings. The molecule has 4 aromatic rings. The summed E-state index contributed by atoms with van der Waals surface area (Å²) in [6, 6.07) is 24.7. The van der Waals surface area contributed by atoms with E-state index in [-0.39, 0.29) is 5.56 Å². The summed E-state index contributed by atoms with van der Waals surface area (Å²) in [5, 5.41) is 4.53. The molecule has 0 aliphatic carbocycles. The van der Waals surface area contributed by atoms with Gasteiger partial charge in [-0.1, -0.05) is 54.1 Å². The predicted molar refractivity (Wildman–Crippen MR) is 139 cm³/mol. The molecule has 0 spiro atoms. The van der Waals surface area contributed by atoms with E-state index in [0.29, 0.717) is 35.0 Å². The van der Waals surface area contributed by atoms with E-state index in [0.717, 1.165) is 22.0 Å². The fraction of sp³-hybridized carbons (Fsp3) is 0.148. The van der Waals surface area contributed by atoms with Crippen molar-refractivity contribution >= 4 is 39.9 Å². The molecule has 6 nitrogen and oxygen atoms in total. The molecule has 0 amide bonds. The molecule has 1 aromatic heterocycles. The molecular weight excluding hydrogens is 446 g/mol. The number of ether oxygens (including phenoxy) is 1. The highest BCUT2D eigenvalue weighted by molar-refractivity contribution is 7.80. The minimum absolute atomic E-state index is 0.160. The van der Waals surface area contributed by atoms with Crippen molar-refractivity contribution in [2.45, 2.75) is 20.0 Å². The smallest absolute Gasteiger partial charge is 0.339 e. The fourth-order valence-electron chi connectivity index (χ4n) is 3.77. The Morgan fingerprint density at radius 2 is 1.74 bits per heavy atom. The highest BCUT2D eigenvalue weighted by atomic mass is 32.1. The van der Waals surface area contributed by atoms with Crippen LogP contribution in [0.1, 0.15) is 27.0 Å². The van der Waals surface area contributed by atoms with Gasteiger partial charge in [0.2, 0.25) is 0 Å². The first-order chi connectivity index (χ1) is 16.4. The van der Waals surface area contributed by atoms with Crippen LogP contribution in [-0.4, -0.2) is 28.1 Å². The number of H-pyrrole nitrogens is 1. The van der Waals surface area contributed by atoms with E-state index in [1.807, 2.05) is 72.5 Å². The maximum Gasteiger partial charge on any atom is 0.339 e. The maximum absolute atomic E-state index is 12.9. The van der Waals surface area contributed by atoms with Crippen molar-refractivity contribution in [2.75, 3.05) is 12.4 Å². The lowest BCUT2D eigenvalue weighted by Gasteiger charge is -2.26. The number of methoxy groups -OCH3 is 1. The first kappa shape index (κ1) is 23.2. The average Bonchev–Trinajstić information content (AvgIpc) is 2.84. The van der Waals surface area contributed by atoms with Gasteiger partial charge >= 0.3 is 5.97 Å². The number of esters is 1. The largest absolute Gasteiger partial charge is 0.465 e. The SMILES string of the molecule is COC(=O)c1ccccc1NC(=S)N(Cc1ccccc1)Cc1cc2cc(C)ccc2[nH]c1=O. The van der Waals surface area contributed by atoms with Gasteiger partial charge in [-0.3, -0.25) is 4.79 Å². The second-order valence-corrected chi connectivity index (χ2v) is 8.41.